The Morgan fingerprint density at radius 2 is 1.97 bits per heavy atom. The van der Waals surface area contributed by atoms with Crippen LogP contribution in [0, 0.1) is 10.1 Å². The third-order valence-corrected chi connectivity index (χ3v) is 7.02. The Morgan fingerprint density at radius 1 is 1.24 bits per heavy atom. The van der Waals surface area contributed by atoms with Crippen LogP contribution in [-0.4, -0.2) is 35.5 Å². The number of ether oxygens (including phenoxy) is 4. The van der Waals surface area contributed by atoms with Gasteiger partial charge < -0.3 is 18.9 Å². The summed E-state index contributed by atoms with van der Waals surface area (Å²) in [5.74, 6) is 0.527. The van der Waals surface area contributed by atoms with Gasteiger partial charge in [0.15, 0.2) is 16.3 Å². The van der Waals surface area contributed by atoms with Gasteiger partial charge in [-0.1, -0.05) is 29.5 Å². The van der Waals surface area contributed by atoms with Crippen LogP contribution in [0.4, 0.5) is 5.69 Å². The van der Waals surface area contributed by atoms with Crippen molar-refractivity contribution in [3.63, 3.8) is 0 Å². The number of hydrogen-bond donors (Lipinski definition) is 0. The molecule has 1 aromatic heterocycles. The van der Waals surface area contributed by atoms with Crippen LogP contribution >= 0.6 is 11.3 Å². The number of hydrogen-bond acceptors (Lipinski definition) is 10. The molecule has 11 nitrogen and oxygen atoms in total. The van der Waals surface area contributed by atoms with E-state index in [4.69, 9.17) is 18.9 Å². The van der Waals surface area contributed by atoms with Gasteiger partial charge in [0.25, 0.3) is 11.2 Å². The fourth-order valence-electron chi connectivity index (χ4n) is 4.44. The van der Waals surface area contributed by atoms with Crippen LogP contribution in [0.5, 0.6) is 17.2 Å². The number of esters is 1. The number of thiazole rings is 1. The van der Waals surface area contributed by atoms with Crippen molar-refractivity contribution < 1.29 is 28.7 Å². The summed E-state index contributed by atoms with van der Waals surface area (Å²) in [4.78, 5) is 43.1. The Morgan fingerprint density at radius 3 is 2.68 bits per heavy atom. The highest BCUT2D eigenvalue weighted by Crippen LogP contribution is 2.38. The highest BCUT2D eigenvalue weighted by molar-refractivity contribution is 7.07. The third kappa shape index (κ3) is 4.32. The third-order valence-electron chi connectivity index (χ3n) is 6.04. The van der Waals surface area contributed by atoms with E-state index in [0.29, 0.717) is 34.2 Å². The minimum atomic E-state index is -0.873. The van der Waals surface area contributed by atoms with Gasteiger partial charge in [-0.2, -0.15) is 0 Å². The number of nitro benzene ring substituents is 1. The summed E-state index contributed by atoms with van der Waals surface area (Å²) in [6, 6.07) is 9.02. The first-order valence-electron chi connectivity index (χ1n) is 11.8. The molecule has 0 fully saturated rings. The maximum atomic E-state index is 13.9. The first-order valence-corrected chi connectivity index (χ1v) is 12.6. The van der Waals surface area contributed by atoms with Crippen molar-refractivity contribution in [3.8, 4) is 17.2 Å². The topological polar surface area (TPSA) is 131 Å². The van der Waals surface area contributed by atoms with Crippen molar-refractivity contribution >= 4 is 29.1 Å². The fourth-order valence-corrected chi connectivity index (χ4v) is 5.48. The van der Waals surface area contributed by atoms with Gasteiger partial charge in [-0.15, -0.1) is 0 Å². The molecule has 2 aliphatic heterocycles. The van der Waals surface area contributed by atoms with Crippen molar-refractivity contribution in [2.75, 3.05) is 20.0 Å². The molecule has 0 radical (unpaired) electrons. The molecule has 0 aliphatic carbocycles. The molecule has 0 saturated carbocycles. The van der Waals surface area contributed by atoms with Crippen molar-refractivity contribution in [1.29, 1.82) is 0 Å². The number of fused-ring (bicyclic) bond motifs is 2. The largest absolute Gasteiger partial charge is 0.494 e. The number of benzene rings is 2. The van der Waals surface area contributed by atoms with Crippen molar-refractivity contribution in [2.24, 2.45) is 4.99 Å². The van der Waals surface area contributed by atoms with Crippen LogP contribution < -0.4 is 29.1 Å². The van der Waals surface area contributed by atoms with E-state index in [9.17, 15) is 19.7 Å². The molecule has 5 rings (SSSR count). The molecule has 0 N–H and O–H groups in total. The smallest absolute Gasteiger partial charge is 0.338 e. The molecule has 196 valence electrons. The van der Waals surface area contributed by atoms with Gasteiger partial charge in [0.2, 0.25) is 6.79 Å². The lowest BCUT2D eigenvalue weighted by Gasteiger charge is -2.26. The van der Waals surface area contributed by atoms with Crippen molar-refractivity contribution in [1.82, 2.24) is 4.57 Å². The maximum Gasteiger partial charge on any atom is 0.338 e. The van der Waals surface area contributed by atoms with Gasteiger partial charge in [-0.05, 0) is 39.0 Å². The summed E-state index contributed by atoms with van der Waals surface area (Å²) in [7, 11) is 0. The monoisotopic (exact) mass is 537 g/mol. The summed E-state index contributed by atoms with van der Waals surface area (Å²) >= 11 is 1.07. The number of rotatable bonds is 7. The van der Waals surface area contributed by atoms with Gasteiger partial charge in [0, 0.05) is 5.56 Å². The zero-order valence-corrected chi connectivity index (χ0v) is 21.6. The Hall–Kier alpha value is -4.45. The van der Waals surface area contributed by atoms with E-state index < -0.39 is 22.5 Å². The fraction of sp³-hybridized carbons (Fsp3) is 0.269. The van der Waals surface area contributed by atoms with Crippen LogP contribution in [0.25, 0.3) is 6.08 Å². The van der Waals surface area contributed by atoms with E-state index in [1.165, 1.54) is 22.8 Å². The van der Waals surface area contributed by atoms with Crippen LogP contribution in [0.1, 0.15) is 37.9 Å². The average Bonchev–Trinajstić information content (AvgIpc) is 3.47. The zero-order valence-electron chi connectivity index (χ0n) is 20.8. The highest BCUT2D eigenvalue weighted by Gasteiger charge is 2.35. The number of para-hydroxylation sites is 1. The normalized spacial score (nSPS) is 16.2. The second-order valence-electron chi connectivity index (χ2n) is 8.29. The summed E-state index contributed by atoms with van der Waals surface area (Å²) in [6.45, 7) is 5.70. The van der Waals surface area contributed by atoms with Crippen molar-refractivity contribution in [2.45, 2.75) is 26.8 Å². The first kappa shape index (κ1) is 25.2. The Kier molecular flexibility index (Phi) is 6.72. The molecule has 38 heavy (non-hydrogen) atoms. The summed E-state index contributed by atoms with van der Waals surface area (Å²) in [5, 5.41) is 11.8. The Balaban J connectivity index is 1.76. The van der Waals surface area contributed by atoms with Crippen LogP contribution in [0.3, 0.4) is 0 Å². The zero-order chi connectivity index (χ0) is 27.0. The molecule has 0 amide bonds. The maximum absolute atomic E-state index is 13.9. The lowest BCUT2D eigenvalue weighted by atomic mass is 9.95. The minimum Gasteiger partial charge on any atom is -0.494 e. The standard InChI is InChI=1S/C26H23N3O8S/c1-4-34-18-9-7-6-8-16(18)23-22(25(31)35-5-2)14(3)27-26-28(23)24(30)21(38-26)11-15-10-19-20(37-13-36-19)12-17(15)29(32)33/h6-12,23H,4-5,13H2,1-3H3/b21-11-/t23-/m0/s1. The van der Waals surface area contributed by atoms with Crippen LogP contribution in [-0.2, 0) is 9.53 Å². The van der Waals surface area contributed by atoms with Gasteiger partial charge in [-0.3, -0.25) is 19.5 Å². The SMILES string of the molecule is CCOC(=O)C1=C(C)N=c2s/c(=C\c3cc4c(cc3[N+](=O)[O-])OCO4)c(=O)n2[C@H]1c1ccccc1OCC. The van der Waals surface area contributed by atoms with E-state index in [0.717, 1.165) is 11.3 Å². The second-order valence-corrected chi connectivity index (χ2v) is 9.30. The Bertz CT molecular complexity index is 1670. The van der Waals surface area contributed by atoms with E-state index in [1.54, 1.807) is 38.1 Å². The lowest BCUT2D eigenvalue weighted by molar-refractivity contribution is -0.385. The minimum absolute atomic E-state index is 0.0483. The number of nitrogens with zero attached hydrogens (tertiary/aromatic N) is 3. The van der Waals surface area contributed by atoms with Gasteiger partial charge >= 0.3 is 5.97 Å². The average molecular weight is 538 g/mol. The molecule has 0 bridgehead atoms. The molecular formula is C26H23N3O8S. The molecule has 2 aromatic carbocycles. The number of carbonyl (C=O) groups excluding carboxylic acids is 1. The molecule has 0 spiro atoms. The van der Waals surface area contributed by atoms with E-state index in [1.807, 2.05) is 6.92 Å². The van der Waals surface area contributed by atoms with E-state index in [-0.39, 0.29) is 40.5 Å². The molecule has 0 saturated heterocycles. The van der Waals surface area contributed by atoms with Crippen molar-refractivity contribution in [3.05, 3.63) is 88.6 Å². The molecule has 0 unspecified atom stereocenters. The van der Waals surface area contributed by atoms with Gasteiger partial charge in [0.1, 0.15) is 11.8 Å². The van der Waals surface area contributed by atoms with Crippen LogP contribution in [0.2, 0.25) is 0 Å². The molecule has 12 heteroatoms. The molecule has 1 atom stereocenters. The van der Waals surface area contributed by atoms with Crippen LogP contribution in [0.15, 0.2) is 57.5 Å². The lowest BCUT2D eigenvalue weighted by Crippen LogP contribution is -2.40. The summed E-state index contributed by atoms with van der Waals surface area (Å²) < 4.78 is 23.4. The predicted molar refractivity (Wildman–Crippen MR) is 137 cm³/mol. The number of nitro groups is 1. The second kappa shape index (κ2) is 10.1. The Labute approximate surface area is 220 Å². The van der Waals surface area contributed by atoms with E-state index in [2.05, 4.69) is 4.99 Å². The highest BCUT2D eigenvalue weighted by atomic mass is 32.1. The van der Waals surface area contributed by atoms with Gasteiger partial charge in [0.05, 0.1) is 45.6 Å². The molecular weight excluding hydrogens is 514 g/mol. The number of carbonyl (C=O) groups is 1. The molecule has 2 aliphatic rings. The molecule has 3 aromatic rings. The van der Waals surface area contributed by atoms with Gasteiger partial charge in [-0.25, -0.2) is 9.79 Å². The summed E-state index contributed by atoms with van der Waals surface area (Å²) in [5.41, 5.74) is 0.687. The predicted octanol–water partition coefficient (Wildman–Crippen LogP) is 2.83. The number of allylic oxidation sites excluding steroid dienone is 1. The summed E-state index contributed by atoms with van der Waals surface area (Å²) in [6.07, 6.45) is 1.43. The van der Waals surface area contributed by atoms with E-state index >= 15 is 0 Å². The first-order chi connectivity index (χ1) is 18.3. The molecule has 3 heterocycles. The number of aromatic nitrogens is 1. The quantitative estimate of drug-likeness (QED) is 0.255.